The lowest BCUT2D eigenvalue weighted by molar-refractivity contribution is -0.561. The van der Waals surface area contributed by atoms with Crippen molar-refractivity contribution in [3.63, 3.8) is 0 Å². The fourth-order valence-corrected chi connectivity index (χ4v) is 2.95. The third kappa shape index (κ3) is 5.65. The third-order valence-corrected chi connectivity index (χ3v) is 4.27. The molecule has 1 aromatic carbocycles. The van der Waals surface area contributed by atoms with Gasteiger partial charge in [-0.2, -0.15) is 0 Å². The second kappa shape index (κ2) is 10.3. The minimum Gasteiger partial charge on any atom is -0.478 e. The van der Waals surface area contributed by atoms with Crippen LogP contribution in [0.5, 0.6) is 0 Å². The van der Waals surface area contributed by atoms with Gasteiger partial charge in [-0.3, -0.25) is 20.2 Å². The second-order valence-corrected chi connectivity index (χ2v) is 6.21. The monoisotopic (exact) mass is 364 g/mol. The molecule has 2 atom stereocenters. The molecule has 1 N–H and O–H groups in total. The number of carbonyl (C=O) groups is 1. The van der Waals surface area contributed by atoms with Gasteiger partial charge >= 0.3 is 17.7 Å². The van der Waals surface area contributed by atoms with Crippen LogP contribution in [0.15, 0.2) is 41.6 Å². The minimum atomic E-state index is -1.82. The average molecular weight is 364 g/mol. The lowest BCUT2D eigenvalue weighted by Gasteiger charge is -2.15. The van der Waals surface area contributed by atoms with Crippen molar-refractivity contribution in [1.82, 2.24) is 0 Å². The molecular weight excluding hydrogens is 340 g/mol. The molecule has 0 saturated heterocycles. The first kappa shape index (κ1) is 21.3. The summed E-state index contributed by atoms with van der Waals surface area (Å²) in [6, 6.07) is 5.64. The number of unbranched alkanes of at least 4 members (excludes halogenated alkanes) is 3. The number of nitrogens with zero attached hydrogens (tertiary/aromatic N) is 2. The first-order chi connectivity index (χ1) is 12.3. The zero-order chi connectivity index (χ0) is 19.7. The Bertz CT molecular complexity index is 672. The molecule has 0 fully saturated rings. The van der Waals surface area contributed by atoms with Crippen molar-refractivity contribution in [2.75, 3.05) is 0 Å². The fourth-order valence-electron chi connectivity index (χ4n) is 2.95. The molecule has 0 aromatic heterocycles. The Morgan fingerprint density at radius 1 is 1.12 bits per heavy atom. The summed E-state index contributed by atoms with van der Waals surface area (Å²) < 4.78 is 0. The molecule has 0 amide bonds. The van der Waals surface area contributed by atoms with E-state index in [0.29, 0.717) is 12.8 Å². The molecule has 0 aliphatic rings. The molecule has 0 bridgehead atoms. The minimum absolute atomic E-state index is 0.0844. The SMILES string of the molecule is CCCCCCC(C)/C(C(=O)O)=C(\C(c1ccccc1)[N+](=O)[O-])[N+](=O)[O-]. The van der Waals surface area contributed by atoms with Gasteiger partial charge in [-0.1, -0.05) is 69.9 Å². The molecule has 1 aromatic rings. The molecule has 26 heavy (non-hydrogen) atoms. The Kier molecular flexibility index (Phi) is 8.41. The van der Waals surface area contributed by atoms with E-state index in [9.17, 15) is 30.1 Å². The smallest absolute Gasteiger partial charge is 0.338 e. The quantitative estimate of drug-likeness (QED) is 0.271. The van der Waals surface area contributed by atoms with Gasteiger partial charge < -0.3 is 5.11 Å². The van der Waals surface area contributed by atoms with Crippen LogP contribution in [0.25, 0.3) is 0 Å². The lowest BCUT2D eigenvalue weighted by Crippen LogP contribution is -2.25. The fraction of sp³-hybridized carbons (Fsp3) is 0.500. The van der Waals surface area contributed by atoms with Gasteiger partial charge in [-0.25, -0.2) is 4.79 Å². The molecule has 0 spiro atoms. The van der Waals surface area contributed by atoms with Gasteiger partial charge in [0.05, 0.1) is 4.92 Å². The van der Waals surface area contributed by atoms with Gasteiger partial charge in [0, 0.05) is 10.5 Å². The van der Waals surface area contributed by atoms with E-state index in [1.807, 2.05) is 6.92 Å². The predicted molar refractivity (Wildman–Crippen MR) is 95.8 cm³/mol. The maximum Gasteiger partial charge on any atom is 0.338 e. The summed E-state index contributed by atoms with van der Waals surface area (Å²) in [5.74, 6) is -2.14. The molecule has 0 aliphatic carbocycles. The van der Waals surface area contributed by atoms with Crippen LogP contribution in [-0.2, 0) is 4.79 Å². The number of hydrogen-bond acceptors (Lipinski definition) is 5. The lowest BCUT2D eigenvalue weighted by atomic mass is 9.89. The van der Waals surface area contributed by atoms with Crippen LogP contribution in [0.2, 0.25) is 0 Å². The highest BCUT2D eigenvalue weighted by atomic mass is 16.6. The highest BCUT2D eigenvalue weighted by Gasteiger charge is 2.43. The summed E-state index contributed by atoms with van der Waals surface area (Å²) in [5.41, 5.74) is -1.27. The van der Waals surface area contributed by atoms with Crippen LogP contribution in [0.3, 0.4) is 0 Å². The average Bonchev–Trinajstić information content (AvgIpc) is 2.58. The Balaban J connectivity index is 3.38. The van der Waals surface area contributed by atoms with Crippen molar-refractivity contribution >= 4 is 5.97 Å². The first-order valence-electron chi connectivity index (χ1n) is 8.61. The highest BCUT2D eigenvalue weighted by Crippen LogP contribution is 2.32. The molecule has 0 saturated carbocycles. The van der Waals surface area contributed by atoms with E-state index >= 15 is 0 Å². The van der Waals surface area contributed by atoms with E-state index < -0.39 is 39.0 Å². The van der Waals surface area contributed by atoms with Gasteiger partial charge in [-0.15, -0.1) is 0 Å². The van der Waals surface area contributed by atoms with Crippen LogP contribution in [-0.4, -0.2) is 20.9 Å². The van der Waals surface area contributed by atoms with Crippen LogP contribution in [0, 0.1) is 26.1 Å². The molecular formula is C18H24N2O6. The number of nitro groups is 2. The van der Waals surface area contributed by atoms with Gasteiger partial charge in [0.2, 0.25) is 0 Å². The van der Waals surface area contributed by atoms with Gasteiger partial charge in [0.25, 0.3) is 0 Å². The molecule has 0 radical (unpaired) electrons. The van der Waals surface area contributed by atoms with E-state index in [0.717, 1.165) is 19.3 Å². The number of carboxylic acid groups (broad SMARTS) is 1. The Morgan fingerprint density at radius 3 is 2.19 bits per heavy atom. The zero-order valence-corrected chi connectivity index (χ0v) is 15.0. The molecule has 8 nitrogen and oxygen atoms in total. The molecule has 142 valence electrons. The highest BCUT2D eigenvalue weighted by molar-refractivity contribution is 5.87. The zero-order valence-electron chi connectivity index (χ0n) is 15.0. The number of rotatable bonds is 11. The summed E-state index contributed by atoms with van der Waals surface area (Å²) >= 11 is 0. The van der Waals surface area contributed by atoms with Crippen LogP contribution < -0.4 is 0 Å². The topological polar surface area (TPSA) is 124 Å². The number of benzene rings is 1. The molecule has 8 heteroatoms. The summed E-state index contributed by atoms with van der Waals surface area (Å²) in [6.45, 7) is 3.61. The number of hydrogen-bond donors (Lipinski definition) is 1. The third-order valence-electron chi connectivity index (χ3n) is 4.27. The molecule has 0 heterocycles. The maximum absolute atomic E-state index is 11.7. The van der Waals surface area contributed by atoms with E-state index in [1.165, 1.54) is 24.3 Å². The van der Waals surface area contributed by atoms with Crippen molar-refractivity contribution in [1.29, 1.82) is 0 Å². The van der Waals surface area contributed by atoms with Crippen molar-refractivity contribution < 1.29 is 19.7 Å². The molecule has 1 rings (SSSR count). The summed E-state index contributed by atoms with van der Waals surface area (Å²) in [6.07, 6.45) is 4.03. The Labute approximate surface area is 151 Å². The van der Waals surface area contributed by atoms with Crippen LogP contribution >= 0.6 is 0 Å². The Hall–Kier alpha value is -2.77. The van der Waals surface area contributed by atoms with E-state index in [1.54, 1.807) is 13.0 Å². The molecule has 2 unspecified atom stereocenters. The van der Waals surface area contributed by atoms with Crippen LogP contribution in [0.1, 0.15) is 57.6 Å². The summed E-state index contributed by atoms with van der Waals surface area (Å²) in [4.78, 5) is 33.2. The van der Waals surface area contributed by atoms with Crippen molar-refractivity contribution in [2.45, 2.75) is 52.0 Å². The van der Waals surface area contributed by atoms with Gasteiger partial charge in [-0.05, 0) is 12.3 Å². The Morgan fingerprint density at radius 2 is 1.73 bits per heavy atom. The predicted octanol–water partition coefficient (Wildman–Crippen LogP) is 4.23. The van der Waals surface area contributed by atoms with Crippen molar-refractivity contribution in [3.8, 4) is 0 Å². The first-order valence-corrected chi connectivity index (χ1v) is 8.61. The van der Waals surface area contributed by atoms with Gasteiger partial charge in [0.15, 0.2) is 0 Å². The van der Waals surface area contributed by atoms with Crippen molar-refractivity contribution in [2.24, 2.45) is 5.92 Å². The van der Waals surface area contributed by atoms with E-state index in [-0.39, 0.29) is 5.56 Å². The van der Waals surface area contributed by atoms with Crippen LogP contribution in [0.4, 0.5) is 0 Å². The largest absolute Gasteiger partial charge is 0.478 e. The van der Waals surface area contributed by atoms with E-state index in [4.69, 9.17) is 0 Å². The normalized spacial score (nSPS) is 14.2. The summed E-state index contributed by atoms with van der Waals surface area (Å²) in [5, 5.41) is 32.8. The maximum atomic E-state index is 11.7. The van der Waals surface area contributed by atoms with Gasteiger partial charge in [0.1, 0.15) is 5.57 Å². The number of aliphatic carboxylic acids is 1. The standard InChI is InChI=1S/C18H24N2O6/c1-3-4-5-7-10-13(2)15(18(21)22)17(20(25)26)16(19(23)24)14-11-8-6-9-12-14/h6,8-9,11-13,16H,3-5,7,10H2,1-2H3,(H,21,22)/b17-15-. The van der Waals surface area contributed by atoms with E-state index in [2.05, 4.69) is 0 Å². The number of carboxylic acids is 1. The van der Waals surface area contributed by atoms with Crippen molar-refractivity contribution in [3.05, 3.63) is 67.4 Å². The molecule has 0 aliphatic heterocycles. The summed E-state index contributed by atoms with van der Waals surface area (Å²) in [7, 11) is 0. The second-order valence-electron chi connectivity index (χ2n) is 6.21.